The number of para-hydroxylation sites is 1. The van der Waals surface area contributed by atoms with Crippen LogP contribution in [0.5, 0.6) is 5.75 Å². The average Bonchev–Trinajstić information content (AvgIpc) is 3.22. The first-order valence-corrected chi connectivity index (χ1v) is 11.4. The zero-order valence-corrected chi connectivity index (χ0v) is 18.5. The van der Waals surface area contributed by atoms with Gasteiger partial charge in [0.2, 0.25) is 5.91 Å². The molecule has 0 aliphatic heterocycles. The van der Waals surface area contributed by atoms with Crippen molar-refractivity contribution in [1.82, 2.24) is 9.97 Å². The molecule has 1 N–H and O–H groups in total. The molecule has 1 aromatic carbocycles. The van der Waals surface area contributed by atoms with Gasteiger partial charge in [0.1, 0.15) is 16.8 Å². The minimum absolute atomic E-state index is 0.119. The normalized spacial score (nSPS) is 10.4. The summed E-state index contributed by atoms with van der Waals surface area (Å²) in [6.45, 7) is 2.09. The number of hydrogen-bond donors (Lipinski definition) is 1. The molecule has 2 heterocycles. The average molecular weight is 439 g/mol. The SMILES string of the molecule is CCCc1ccc(C#N)c(SCCC(=O)Nc2nc(-c3ccccc3OC)cs2)n1. The predicted molar refractivity (Wildman–Crippen MR) is 121 cm³/mol. The Balaban J connectivity index is 1.57. The van der Waals surface area contributed by atoms with Gasteiger partial charge in [-0.2, -0.15) is 5.26 Å². The van der Waals surface area contributed by atoms with Gasteiger partial charge in [0, 0.05) is 28.8 Å². The van der Waals surface area contributed by atoms with Crippen molar-refractivity contribution in [3.63, 3.8) is 0 Å². The van der Waals surface area contributed by atoms with Crippen molar-refractivity contribution in [3.8, 4) is 23.1 Å². The maximum absolute atomic E-state index is 12.3. The number of rotatable bonds is 9. The van der Waals surface area contributed by atoms with E-state index < -0.39 is 0 Å². The second-order valence-electron chi connectivity index (χ2n) is 6.40. The van der Waals surface area contributed by atoms with Gasteiger partial charge < -0.3 is 10.1 Å². The molecule has 0 unspecified atom stereocenters. The van der Waals surface area contributed by atoms with Crippen LogP contribution in [-0.2, 0) is 11.2 Å². The third-order valence-corrected chi connectivity index (χ3v) is 6.00. The molecule has 154 valence electrons. The van der Waals surface area contributed by atoms with Gasteiger partial charge in [0.15, 0.2) is 5.13 Å². The van der Waals surface area contributed by atoms with Gasteiger partial charge in [0.25, 0.3) is 0 Å². The molecule has 6 nitrogen and oxygen atoms in total. The quantitative estimate of drug-likeness (QED) is 0.464. The Hall–Kier alpha value is -2.89. The number of hydrogen-bond acceptors (Lipinski definition) is 7. The molecule has 0 saturated carbocycles. The van der Waals surface area contributed by atoms with Crippen molar-refractivity contribution in [2.45, 2.75) is 31.2 Å². The standard InChI is InChI=1S/C22H22N4O2S2/c1-3-6-16-10-9-15(13-23)21(24-16)29-12-11-20(27)26-22-25-18(14-30-22)17-7-4-5-8-19(17)28-2/h4-5,7-10,14H,3,6,11-12H2,1-2H3,(H,25,26,27). The first-order valence-electron chi connectivity index (χ1n) is 9.56. The first kappa shape index (κ1) is 21.8. The van der Waals surface area contributed by atoms with Crippen molar-refractivity contribution in [2.24, 2.45) is 0 Å². The monoisotopic (exact) mass is 438 g/mol. The van der Waals surface area contributed by atoms with E-state index in [2.05, 4.69) is 28.3 Å². The lowest BCUT2D eigenvalue weighted by Gasteiger charge is -2.06. The van der Waals surface area contributed by atoms with Crippen molar-refractivity contribution < 1.29 is 9.53 Å². The number of thioether (sulfide) groups is 1. The minimum atomic E-state index is -0.119. The van der Waals surface area contributed by atoms with Crippen LogP contribution in [0.25, 0.3) is 11.3 Å². The van der Waals surface area contributed by atoms with Crippen molar-refractivity contribution >= 4 is 34.1 Å². The van der Waals surface area contributed by atoms with E-state index in [9.17, 15) is 10.1 Å². The lowest BCUT2D eigenvalue weighted by atomic mass is 10.1. The number of aryl methyl sites for hydroxylation is 1. The lowest BCUT2D eigenvalue weighted by Crippen LogP contribution is -2.12. The molecule has 0 aliphatic rings. The molecule has 3 rings (SSSR count). The number of amides is 1. The summed E-state index contributed by atoms with van der Waals surface area (Å²) in [7, 11) is 1.62. The number of anilines is 1. The zero-order valence-electron chi connectivity index (χ0n) is 16.8. The number of nitrogens with zero attached hydrogens (tertiary/aromatic N) is 3. The summed E-state index contributed by atoms with van der Waals surface area (Å²) < 4.78 is 5.37. The molecule has 2 aromatic heterocycles. The van der Waals surface area contributed by atoms with Gasteiger partial charge in [-0.25, -0.2) is 9.97 Å². The molecule has 0 radical (unpaired) electrons. The topological polar surface area (TPSA) is 87.9 Å². The highest BCUT2D eigenvalue weighted by molar-refractivity contribution is 7.99. The molecule has 0 spiro atoms. The lowest BCUT2D eigenvalue weighted by molar-refractivity contribution is -0.115. The van der Waals surface area contributed by atoms with Crippen molar-refractivity contribution in [2.75, 3.05) is 18.2 Å². The molecule has 3 aromatic rings. The van der Waals surface area contributed by atoms with E-state index in [0.29, 0.717) is 27.9 Å². The number of aromatic nitrogens is 2. The molecule has 0 saturated heterocycles. The Bertz CT molecular complexity index is 1060. The smallest absolute Gasteiger partial charge is 0.226 e. The summed E-state index contributed by atoms with van der Waals surface area (Å²) in [5.41, 5.74) is 3.16. The van der Waals surface area contributed by atoms with Gasteiger partial charge in [-0.1, -0.05) is 25.5 Å². The molecule has 0 bridgehead atoms. The second-order valence-corrected chi connectivity index (χ2v) is 8.34. The number of benzene rings is 1. The van der Waals surface area contributed by atoms with Gasteiger partial charge >= 0.3 is 0 Å². The van der Waals surface area contributed by atoms with Crippen LogP contribution in [-0.4, -0.2) is 28.7 Å². The van der Waals surface area contributed by atoms with Gasteiger partial charge in [-0.15, -0.1) is 23.1 Å². The highest BCUT2D eigenvalue weighted by atomic mass is 32.2. The third kappa shape index (κ3) is 5.59. The third-order valence-electron chi connectivity index (χ3n) is 4.25. The Morgan fingerprint density at radius 2 is 2.10 bits per heavy atom. The largest absolute Gasteiger partial charge is 0.496 e. The zero-order chi connectivity index (χ0) is 21.3. The van der Waals surface area contributed by atoms with E-state index in [-0.39, 0.29) is 5.91 Å². The predicted octanol–water partition coefficient (Wildman–Crippen LogP) is 5.16. The van der Waals surface area contributed by atoms with Crippen molar-refractivity contribution in [3.05, 3.63) is 53.0 Å². The molecule has 8 heteroatoms. The fraction of sp³-hybridized carbons (Fsp3) is 0.273. The molecular weight excluding hydrogens is 416 g/mol. The molecule has 0 atom stereocenters. The van der Waals surface area contributed by atoms with Crippen LogP contribution in [0.4, 0.5) is 5.13 Å². The summed E-state index contributed by atoms with van der Waals surface area (Å²) in [6, 6.07) is 13.5. The van der Waals surface area contributed by atoms with Crippen LogP contribution in [0.3, 0.4) is 0 Å². The van der Waals surface area contributed by atoms with E-state index >= 15 is 0 Å². The van der Waals surface area contributed by atoms with E-state index in [1.54, 1.807) is 13.2 Å². The highest BCUT2D eigenvalue weighted by Gasteiger charge is 2.12. The van der Waals surface area contributed by atoms with E-state index in [1.807, 2.05) is 35.7 Å². The number of ether oxygens (including phenoxy) is 1. The van der Waals surface area contributed by atoms with E-state index in [4.69, 9.17) is 4.74 Å². The Morgan fingerprint density at radius 3 is 2.87 bits per heavy atom. The Kier molecular flexibility index (Phi) is 7.82. The second kappa shape index (κ2) is 10.8. The molecule has 0 fully saturated rings. The van der Waals surface area contributed by atoms with Crippen LogP contribution < -0.4 is 10.1 Å². The number of nitrogens with one attached hydrogen (secondary N) is 1. The number of methoxy groups -OCH3 is 1. The molecule has 0 aliphatic carbocycles. The highest BCUT2D eigenvalue weighted by Crippen LogP contribution is 2.32. The van der Waals surface area contributed by atoms with Crippen LogP contribution in [0, 0.1) is 11.3 Å². The van der Waals surface area contributed by atoms with Gasteiger partial charge in [0.05, 0.1) is 18.4 Å². The Labute approximate surface area is 184 Å². The summed E-state index contributed by atoms with van der Waals surface area (Å²) in [6.07, 6.45) is 2.17. The number of carbonyl (C=O) groups is 1. The van der Waals surface area contributed by atoms with E-state index in [0.717, 1.165) is 35.5 Å². The molecule has 30 heavy (non-hydrogen) atoms. The maximum atomic E-state index is 12.3. The van der Waals surface area contributed by atoms with E-state index in [1.165, 1.54) is 23.1 Å². The maximum Gasteiger partial charge on any atom is 0.226 e. The van der Waals surface area contributed by atoms with Gasteiger partial charge in [-0.05, 0) is 30.7 Å². The summed E-state index contributed by atoms with van der Waals surface area (Å²) in [5, 5.41) is 15.2. The van der Waals surface area contributed by atoms with Crippen LogP contribution in [0.15, 0.2) is 46.8 Å². The number of thiazole rings is 1. The fourth-order valence-corrected chi connectivity index (χ4v) is 4.46. The molecule has 1 amide bonds. The van der Waals surface area contributed by atoms with Crippen LogP contribution in [0.2, 0.25) is 0 Å². The number of nitriles is 1. The minimum Gasteiger partial charge on any atom is -0.496 e. The number of pyridine rings is 1. The van der Waals surface area contributed by atoms with Crippen LogP contribution in [0.1, 0.15) is 31.0 Å². The summed E-state index contributed by atoms with van der Waals surface area (Å²) >= 11 is 2.80. The van der Waals surface area contributed by atoms with Crippen LogP contribution >= 0.6 is 23.1 Å². The first-order chi connectivity index (χ1) is 14.6. The Morgan fingerprint density at radius 1 is 1.27 bits per heavy atom. The van der Waals surface area contributed by atoms with Gasteiger partial charge in [-0.3, -0.25) is 4.79 Å². The molecular formula is C22H22N4O2S2. The summed E-state index contributed by atoms with van der Waals surface area (Å²) in [5.74, 6) is 1.16. The fourth-order valence-electron chi connectivity index (χ4n) is 2.80. The number of carbonyl (C=O) groups excluding carboxylic acids is 1. The van der Waals surface area contributed by atoms with Crippen molar-refractivity contribution in [1.29, 1.82) is 5.26 Å². The summed E-state index contributed by atoms with van der Waals surface area (Å²) in [4.78, 5) is 21.4.